The van der Waals surface area contributed by atoms with Gasteiger partial charge in [0.15, 0.2) is 0 Å². The molecular weight excluding hydrogens is 173 g/mol. The fourth-order valence-electron chi connectivity index (χ4n) is 1.27. The Morgan fingerprint density at radius 3 is 2.50 bits per heavy atom. The molecule has 1 N–H and O–H groups in total. The Balaban J connectivity index is 2.73. The van der Waals surface area contributed by atoms with Crippen LogP contribution in [0.1, 0.15) is 12.8 Å². The molecule has 0 bridgehead atoms. The highest BCUT2D eigenvalue weighted by atomic mass is 19.4. The zero-order valence-electron chi connectivity index (χ0n) is 6.48. The molecule has 1 aliphatic heterocycles. The minimum absolute atomic E-state index is 0.0367. The number of amides is 1. The third-order valence-electron chi connectivity index (χ3n) is 1.83. The zero-order chi connectivity index (χ0) is 9.35. The van der Waals surface area contributed by atoms with Gasteiger partial charge in [-0.3, -0.25) is 9.80 Å². The van der Waals surface area contributed by atoms with Gasteiger partial charge in [-0.2, -0.15) is 13.2 Å². The molecule has 1 rings (SSSR count). The van der Waals surface area contributed by atoms with Crippen LogP contribution in [0.25, 0.3) is 0 Å². The number of halogens is 3. The second-order valence-electron chi connectivity index (χ2n) is 2.58. The normalized spacial score (nSPS) is 25.2. The summed E-state index contributed by atoms with van der Waals surface area (Å²) in [6.07, 6.45) is -4.51. The van der Waals surface area contributed by atoms with E-state index in [1.807, 2.05) is 0 Å². The molecule has 12 heavy (non-hydrogen) atoms. The van der Waals surface area contributed by atoms with Crippen molar-refractivity contribution in [2.45, 2.75) is 25.1 Å². The summed E-state index contributed by atoms with van der Waals surface area (Å²) >= 11 is 0. The predicted molar refractivity (Wildman–Crippen MR) is 35.0 cm³/mol. The Hall–Kier alpha value is -0.780. The molecule has 0 radical (unpaired) electrons. The average molecular weight is 182 g/mol. The molecule has 1 heterocycles. The largest absolute Gasteiger partial charge is 0.410 e. The fourth-order valence-corrected chi connectivity index (χ4v) is 1.27. The molecule has 1 aliphatic rings. The molecular formula is C6H9F3N2O. The second kappa shape index (κ2) is 2.93. The summed E-state index contributed by atoms with van der Waals surface area (Å²) in [5, 5.41) is 0.639. The van der Waals surface area contributed by atoms with Gasteiger partial charge in [-0.05, 0) is 6.42 Å². The molecule has 0 aromatic carbocycles. The highest BCUT2D eigenvalue weighted by Crippen LogP contribution is 2.31. The van der Waals surface area contributed by atoms with Gasteiger partial charge in [0.25, 0.3) is 0 Å². The number of hydrazine groups is 1. The fraction of sp³-hybridized carbons (Fsp3) is 0.833. The van der Waals surface area contributed by atoms with Crippen LogP contribution in [0.5, 0.6) is 0 Å². The topological polar surface area (TPSA) is 32.3 Å². The third-order valence-corrected chi connectivity index (χ3v) is 1.83. The molecule has 1 fully saturated rings. The second-order valence-corrected chi connectivity index (χ2v) is 2.58. The summed E-state index contributed by atoms with van der Waals surface area (Å²) in [5.74, 6) is -0.500. The van der Waals surface area contributed by atoms with Crippen LogP contribution in [0, 0.1) is 0 Å². The third kappa shape index (κ3) is 1.52. The van der Waals surface area contributed by atoms with Crippen molar-refractivity contribution >= 4 is 5.91 Å². The van der Waals surface area contributed by atoms with Crippen molar-refractivity contribution in [1.29, 1.82) is 0 Å². The van der Waals surface area contributed by atoms with E-state index in [1.165, 1.54) is 7.05 Å². The Bertz CT molecular complexity index is 192. The number of nitrogens with one attached hydrogen (secondary N) is 1. The van der Waals surface area contributed by atoms with Gasteiger partial charge < -0.3 is 0 Å². The molecule has 0 aliphatic carbocycles. The van der Waals surface area contributed by atoms with Crippen molar-refractivity contribution in [2.75, 3.05) is 7.05 Å². The maximum absolute atomic E-state index is 12.1. The van der Waals surface area contributed by atoms with Crippen LogP contribution < -0.4 is 5.43 Å². The first-order valence-electron chi connectivity index (χ1n) is 3.53. The summed E-state index contributed by atoms with van der Waals surface area (Å²) in [7, 11) is 1.31. The molecule has 0 saturated carbocycles. The smallest absolute Gasteiger partial charge is 0.273 e. The molecule has 6 heteroatoms. The number of hydrogen-bond donors (Lipinski definition) is 1. The Labute approximate surface area is 67.5 Å². The highest BCUT2D eigenvalue weighted by Gasteiger charge is 2.48. The summed E-state index contributed by atoms with van der Waals surface area (Å²) in [5.41, 5.74) is 2.23. The van der Waals surface area contributed by atoms with E-state index in [4.69, 9.17) is 0 Å². The molecule has 0 aromatic heterocycles. The molecule has 0 aromatic rings. The first-order chi connectivity index (χ1) is 5.46. The zero-order valence-corrected chi connectivity index (χ0v) is 6.48. The van der Waals surface area contributed by atoms with E-state index in [0.29, 0.717) is 5.01 Å². The van der Waals surface area contributed by atoms with Gasteiger partial charge in [0, 0.05) is 13.5 Å². The van der Waals surface area contributed by atoms with Gasteiger partial charge in [0.1, 0.15) is 6.04 Å². The number of alkyl halides is 3. The molecule has 3 nitrogen and oxygen atoms in total. The van der Waals surface area contributed by atoms with Crippen LogP contribution in [0.15, 0.2) is 0 Å². The van der Waals surface area contributed by atoms with E-state index in [9.17, 15) is 18.0 Å². The van der Waals surface area contributed by atoms with Gasteiger partial charge in [0.2, 0.25) is 5.91 Å². The first-order valence-corrected chi connectivity index (χ1v) is 3.53. The van der Waals surface area contributed by atoms with Gasteiger partial charge in [-0.25, -0.2) is 5.43 Å². The Morgan fingerprint density at radius 1 is 1.58 bits per heavy atom. The number of carbonyl (C=O) groups is 1. The monoisotopic (exact) mass is 182 g/mol. The van der Waals surface area contributed by atoms with Crippen LogP contribution >= 0.6 is 0 Å². The molecule has 70 valence electrons. The van der Waals surface area contributed by atoms with E-state index >= 15 is 0 Å². The van der Waals surface area contributed by atoms with Crippen molar-refractivity contribution in [3.05, 3.63) is 0 Å². The van der Waals surface area contributed by atoms with Crippen LogP contribution in [0.2, 0.25) is 0 Å². The van der Waals surface area contributed by atoms with E-state index < -0.39 is 18.1 Å². The lowest BCUT2D eigenvalue weighted by Gasteiger charge is -2.25. The number of rotatable bonds is 1. The van der Waals surface area contributed by atoms with Crippen molar-refractivity contribution < 1.29 is 18.0 Å². The quantitative estimate of drug-likeness (QED) is 0.646. The van der Waals surface area contributed by atoms with E-state index in [-0.39, 0.29) is 12.8 Å². The molecule has 0 spiro atoms. The maximum atomic E-state index is 12.1. The Kier molecular flexibility index (Phi) is 2.27. The van der Waals surface area contributed by atoms with Gasteiger partial charge in [0.05, 0.1) is 0 Å². The van der Waals surface area contributed by atoms with E-state index in [2.05, 4.69) is 5.43 Å². The first kappa shape index (κ1) is 9.31. The lowest BCUT2D eigenvalue weighted by molar-refractivity contribution is -0.186. The van der Waals surface area contributed by atoms with Gasteiger partial charge >= 0.3 is 6.18 Å². The number of nitrogens with zero attached hydrogens (tertiary/aromatic N) is 1. The van der Waals surface area contributed by atoms with Crippen LogP contribution in [-0.2, 0) is 4.79 Å². The van der Waals surface area contributed by atoms with Crippen molar-refractivity contribution in [2.24, 2.45) is 0 Å². The van der Waals surface area contributed by atoms with Crippen molar-refractivity contribution in [1.82, 2.24) is 10.4 Å². The minimum Gasteiger partial charge on any atom is -0.273 e. The standard InChI is InChI=1S/C6H9F3N2O/c1-10-11-4(6(7,8)9)2-3-5(11)12/h4,10H,2-3H2,1H3. The number of hydrogen-bond acceptors (Lipinski definition) is 2. The van der Waals surface area contributed by atoms with Crippen LogP contribution in [0.4, 0.5) is 13.2 Å². The average Bonchev–Trinajstić information content (AvgIpc) is 2.29. The SMILES string of the molecule is CNN1C(=O)CCC1C(F)(F)F. The maximum Gasteiger partial charge on any atom is 0.410 e. The molecule has 1 amide bonds. The lowest BCUT2D eigenvalue weighted by Crippen LogP contribution is -2.49. The van der Waals surface area contributed by atoms with Crippen molar-refractivity contribution in [3.63, 3.8) is 0 Å². The number of carbonyl (C=O) groups excluding carboxylic acids is 1. The summed E-state index contributed by atoms with van der Waals surface area (Å²) < 4.78 is 36.4. The molecule has 1 unspecified atom stereocenters. The molecule has 1 saturated heterocycles. The highest BCUT2D eigenvalue weighted by molar-refractivity contribution is 5.78. The Morgan fingerprint density at radius 2 is 2.17 bits per heavy atom. The summed E-state index contributed by atoms with van der Waals surface area (Å²) in [4.78, 5) is 10.8. The van der Waals surface area contributed by atoms with Crippen LogP contribution in [-0.4, -0.2) is 30.2 Å². The van der Waals surface area contributed by atoms with Gasteiger partial charge in [-0.1, -0.05) is 0 Å². The lowest BCUT2D eigenvalue weighted by atomic mass is 10.2. The van der Waals surface area contributed by atoms with Crippen LogP contribution in [0.3, 0.4) is 0 Å². The van der Waals surface area contributed by atoms with Crippen molar-refractivity contribution in [3.8, 4) is 0 Å². The van der Waals surface area contributed by atoms with E-state index in [1.54, 1.807) is 0 Å². The summed E-state index contributed by atoms with van der Waals surface area (Å²) in [6.45, 7) is 0. The van der Waals surface area contributed by atoms with E-state index in [0.717, 1.165) is 0 Å². The molecule has 1 atom stereocenters. The van der Waals surface area contributed by atoms with Gasteiger partial charge in [-0.15, -0.1) is 0 Å². The summed E-state index contributed by atoms with van der Waals surface area (Å²) in [6, 6.07) is -1.66. The minimum atomic E-state index is -4.32. The predicted octanol–water partition coefficient (Wildman–Crippen LogP) is 0.674.